The van der Waals surface area contributed by atoms with Crippen molar-refractivity contribution in [2.24, 2.45) is 0 Å². The molecular weight excluding hydrogens is 530 g/mol. The number of para-hydroxylation sites is 1. The number of aromatic nitrogens is 1. The molecule has 200 valence electrons. The molecule has 0 spiro atoms. The summed E-state index contributed by atoms with van der Waals surface area (Å²) in [5.41, 5.74) is 5.19. The van der Waals surface area contributed by atoms with Crippen LogP contribution in [0, 0.1) is 0 Å². The fraction of sp³-hybridized carbons (Fsp3) is 0.200. The monoisotopic (exact) mass is 560 g/mol. The second-order valence-electron chi connectivity index (χ2n) is 9.24. The van der Waals surface area contributed by atoms with Gasteiger partial charge in [-0.1, -0.05) is 66.8 Å². The van der Waals surface area contributed by atoms with Crippen LogP contribution in [0.15, 0.2) is 90.3 Å². The maximum atomic E-state index is 12.5. The number of rotatable bonds is 8. The summed E-state index contributed by atoms with van der Waals surface area (Å²) in [6, 6.07) is 24.3. The van der Waals surface area contributed by atoms with Crippen LogP contribution in [0.25, 0.3) is 27.4 Å². The van der Waals surface area contributed by atoms with Crippen LogP contribution in [-0.2, 0) is 21.4 Å². The van der Waals surface area contributed by atoms with E-state index >= 15 is 0 Å². The molecule has 0 saturated carbocycles. The lowest BCUT2D eigenvalue weighted by Crippen LogP contribution is -2.45. The first-order valence-electron chi connectivity index (χ1n) is 12.7. The van der Waals surface area contributed by atoms with Crippen molar-refractivity contribution in [3.63, 3.8) is 0 Å². The average Bonchev–Trinajstić information content (AvgIpc) is 3.44. The number of amides is 1. The molecule has 1 N–H and O–H groups in total. The number of fused-ring (bicyclic) bond motifs is 2. The van der Waals surface area contributed by atoms with Crippen LogP contribution in [0.3, 0.4) is 0 Å². The number of carbonyl (C=O) groups excluding carboxylic acids is 1. The Kier molecular flexibility index (Phi) is 7.54. The summed E-state index contributed by atoms with van der Waals surface area (Å²) < 4.78 is 34.4. The molecule has 0 unspecified atom stereocenters. The summed E-state index contributed by atoms with van der Waals surface area (Å²) in [5.74, 6) is 0.971. The third-order valence-corrected chi connectivity index (χ3v) is 8.13. The first kappa shape index (κ1) is 26.6. The van der Waals surface area contributed by atoms with E-state index in [0.29, 0.717) is 0 Å². The molecule has 3 aromatic carbocycles. The standard InChI is InChI=1S/C30H29N3O4S2/c1-4-21(18-30-33(20-28(34)31-39(3,35)36)24-13-9-10-14-27(24)38-30)17-29-32(5-2)25-19-23(15-16-26(25)37-29)22-11-7-6-8-12-22/h6-19H,4-5,20H2,1-3H3/p+1. The smallest absolute Gasteiger partial charge is 0.299 e. The van der Waals surface area contributed by atoms with Crippen molar-refractivity contribution in [2.75, 3.05) is 17.7 Å². The molecule has 7 nitrogen and oxygen atoms in total. The molecule has 2 heterocycles. The van der Waals surface area contributed by atoms with E-state index in [1.165, 1.54) is 0 Å². The van der Waals surface area contributed by atoms with Gasteiger partial charge in [0.15, 0.2) is 5.75 Å². The fourth-order valence-electron chi connectivity index (χ4n) is 4.61. The Labute approximate surface area is 232 Å². The minimum Gasteiger partial charge on any atom is -0.439 e. The first-order chi connectivity index (χ1) is 18.8. The predicted molar refractivity (Wildman–Crippen MR) is 157 cm³/mol. The van der Waals surface area contributed by atoms with Crippen molar-refractivity contribution in [1.82, 2.24) is 4.72 Å². The second kappa shape index (κ2) is 11.0. The number of hydrogen-bond donors (Lipinski definition) is 1. The molecule has 1 amide bonds. The SMILES string of the molecule is CCC(/C=C1\Oc2ccc(-c3ccccc3)cc2N1CC)=C\c1sc2ccccc2[n+]1CC(=O)NS(C)(=O)=O. The third kappa shape index (κ3) is 5.89. The third-order valence-electron chi connectivity index (χ3n) is 6.42. The highest BCUT2D eigenvalue weighted by Crippen LogP contribution is 2.42. The van der Waals surface area contributed by atoms with E-state index in [9.17, 15) is 13.2 Å². The van der Waals surface area contributed by atoms with Crippen LogP contribution >= 0.6 is 11.3 Å². The molecule has 1 aromatic heterocycles. The van der Waals surface area contributed by atoms with E-state index in [1.54, 1.807) is 11.3 Å². The number of ether oxygens (including phenoxy) is 1. The van der Waals surface area contributed by atoms with Crippen LogP contribution in [0.1, 0.15) is 25.3 Å². The molecule has 4 aromatic rings. The number of benzene rings is 3. The van der Waals surface area contributed by atoms with Gasteiger partial charge in [-0.3, -0.25) is 4.79 Å². The lowest BCUT2D eigenvalue weighted by atomic mass is 10.0. The van der Waals surface area contributed by atoms with Gasteiger partial charge in [-0.25, -0.2) is 13.1 Å². The molecule has 0 atom stereocenters. The lowest BCUT2D eigenvalue weighted by molar-refractivity contribution is -0.655. The van der Waals surface area contributed by atoms with Crippen LogP contribution in [0.4, 0.5) is 5.69 Å². The number of allylic oxidation sites excluding steroid dienone is 2. The van der Waals surface area contributed by atoms with Crippen LogP contribution < -0.4 is 18.9 Å². The molecule has 0 bridgehead atoms. The van der Waals surface area contributed by atoms with Crippen molar-refractivity contribution >= 4 is 49.2 Å². The number of anilines is 1. The van der Waals surface area contributed by atoms with E-state index in [4.69, 9.17) is 4.74 Å². The molecule has 0 saturated heterocycles. The zero-order valence-electron chi connectivity index (χ0n) is 22.0. The number of hydrogen-bond acceptors (Lipinski definition) is 6. The van der Waals surface area contributed by atoms with Gasteiger partial charge in [0.25, 0.3) is 10.9 Å². The lowest BCUT2D eigenvalue weighted by Gasteiger charge is -2.16. The van der Waals surface area contributed by atoms with E-state index in [0.717, 1.165) is 68.5 Å². The topological polar surface area (TPSA) is 79.6 Å². The van der Waals surface area contributed by atoms with Gasteiger partial charge in [-0.2, -0.15) is 4.57 Å². The summed E-state index contributed by atoms with van der Waals surface area (Å²) in [7, 11) is -3.65. The van der Waals surface area contributed by atoms with E-state index < -0.39 is 15.9 Å². The Morgan fingerprint density at radius 1 is 1.03 bits per heavy atom. The normalized spacial score (nSPS) is 14.5. The van der Waals surface area contributed by atoms with E-state index in [2.05, 4.69) is 47.7 Å². The Morgan fingerprint density at radius 2 is 1.77 bits per heavy atom. The maximum absolute atomic E-state index is 12.5. The summed E-state index contributed by atoms with van der Waals surface area (Å²) in [6.45, 7) is 4.80. The van der Waals surface area contributed by atoms with Crippen molar-refractivity contribution in [3.8, 4) is 16.9 Å². The summed E-state index contributed by atoms with van der Waals surface area (Å²) in [6.07, 6.45) is 5.79. The zero-order valence-corrected chi connectivity index (χ0v) is 23.7. The number of sulfonamides is 1. The highest BCUT2D eigenvalue weighted by Gasteiger charge is 2.27. The Morgan fingerprint density at radius 3 is 2.49 bits per heavy atom. The molecule has 1 aliphatic heterocycles. The van der Waals surface area contributed by atoms with Gasteiger partial charge in [0, 0.05) is 24.8 Å². The van der Waals surface area contributed by atoms with Crippen molar-refractivity contribution < 1.29 is 22.5 Å². The quantitative estimate of drug-likeness (QED) is 0.289. The Hall–Kier alpha value is -3.95. The number of nitrogens with one attached hydrogen (secondary N) is 1. The van der Waals surface area contributed by atoms with Gasteiger partial charge in [-0.15, -0.1) is 0 Å². The van der Waals surface area contributed by atoms with Gasteiger partial charge in [0.2, 0.25) is 28.0 Å². The average molecular weight is 561 g/mol. The van der Waals surface area contributed by atoms with Crippen molar-refractivity contribution in [1.29, 1.82) is 0 Å². The van der Waals surface area contributed by atoms with Gasteiger partial charge >= 0.3 is 0 Å². The summed E-state index contributed by atoms with van der Waals surface area (Å²) >= 11 is 1.55. The van der Waals surface area contributed by atoms with E-state index in [1.807, 2.05) is 65.3 Å². The zero-order chi connectivity index (χ0) is 27.6. The molecule has 5 rings (SSSR count). The molecular formula is C30H30N3O4S2+. The Bertz CT molecular complexity index is 1710. The number of nitrogens with zero attached hydrogens (tertiary/aromatic N) is 2. The van der Waals surface area contributed by atoms with E-state index in [-0.39, 0.29) is 6.54 Å². The predicted octanol–water partition coefficient (Wildman–Crippen LogP) is 5.49. The van der Waals surface area contributed by atoms with Crippen molar-refractivity contribution in [3.05, 3.63) is 95.3 Å². The summed E-state index contributed by atoms with van der Waals surface area (Å²) in [5, 5.41) is 0.846. The minimum absolute atomic E-state index is 0.109. The molecule has 0 aliphatic carbocycles. The van der Waals surface area contributed by atoms with Crippen LogP contribution in [-0.4, -0.2) is 27.1 Å². The summed E-state index contributed by atoms with van der Waals surface area (Å²) in [4.78, 5) is 14.7. The van der Waals surface area contributed by atoms with Crippen LogP contribution in [0.2, 0.25) is 0 Å². The highest BCUT2D eigenvalue weighted by molar-refractivity contribution is 7.89. The van der Waals surface area contributed by atoms with Crippen LogP contribution in [0.5, 0.6) is 5.75 Å². The Balaban J connectivity index is 1.50. The maximum Gasteiger partial charge on any atom is 0.299 e. The van der Waals surface area contributed by atoms with Gasteiger partial charge in [-0.05, 0) is 48.2 Å². The van der Waals surface area contributed by atoms with Gasteiger partial charge in [0.1, 0.15) is 4.70 Å². The van der Waals surface area contributed by atoms with Crippen molar-refractivity contribution in [2.45, 2.75) is 26.8 Å². The molecule has 9 heteroatoms. The highest BCUT2D eigenvalue weighted by atomic mass is 32.2. The molecule has 1 aliphatic rings. The van der Waals surface area contributed by atoms with Gasteiger partial charge < -0.3 is 9.64 Å². The second-order valence-corrected chi connectivity index (χ2v) is 12.1. The largest absolute Gasteiger partial charge is 0.439 e. The fourth-order valence-corrected chi connectivity index (χ4v) is 6.23. The number of thiazole rings is 1. The molecule has 0 fully saturated rings. The van der Waals surface area contributed by atoms with Gasteiger partial charge in [0.05, 0.1) is 11.9 Å². The molecule has 39 heavy (non-hydrogen) atoms. The molecule has 0 radical (unpaired) electrons. The first-order valence-corrected chi connectivity index (χ1v) is 15.5. The number of carbonyl (C=O) groups is 1. The minimum atomic E-state index is -3.65.